The van der Waals surface area contributed by atoms with Gasteiger partial charge in [-0.1, -0.05) is 31.2 Å². The lowest BCUT2D eigenvalue weighted by Crippen LogP contribution is -2.36. The summed E-state index contributed by atoms with van der Waals surface area (Å²) in [6.45, 7) is 6.13. The lowest BCUT2D eigenvalue weighted by Gasteiger charge is -2.32. The Balaban J connectivity index is 2.21. The van der Waals surface area contributed by atoms with Crippen molar-refractivity contribution in [3.05, 3.63) is 35.4 Å². The third kappa shape index (κ3) is 2.21. The van der Waals surface area contributed by atoms with Crippen molar-refractivity contribution in [3.8, 4) is 0 Å². The van der Waals surface area contributed by atoms with Gasteiger partial charge in [0.15, 0.2) is 0 Å². The minimum absolute atomic E-state index is 0.270. The Labute approximate surface area is 91.6 Å². The van der Waals surface area contributed by atoms with E-state index in [2.05, 4.69) is 43.4 Å². The molecular weight excluding hydrogens is 186 g/mol. The lowest BCUT2D eigenvalue weighted by atomic mass is 9.94. The number of ether oxygens (including phenoxy) is 1. The van der Waals surface area contributed by atoms with Crippen LogP contribution in [-0.4, -0.2) is 12.6 Å². The van der Waals surface area contributed by atoms with Gasteiger partial charge in [0.1, 0.15) is 0 Å². The molecule has 1 heterocycles. The predicted octanol–water partition coefficient (Wildman–Crippen LogP) is 2.65. The first kappa shape index (κ1) is 10.7. The van der Waals surface area contributed by atoms with Crippen molar-refractivity contribution in [2.45, 2.75) is 39.0 Å². The van der Waals surface area contributed by atoms with E-state index in [9.17, 15) is 0 Å². The van der Waals surface area contributed by atoms with E-state index in [1.165, 1.54) is 11.1 Å². The maximum Gasteiger partial charge on any atom is 0.0746 e. The van der Waals surface area contributed by atoms with E-state index in [-0.39, 0.29) is 6.10 Å². The van der Waals surface area contributed by atoms with Crippen molar-refractivity contribution in [1.82, 2.24) is 5.32 Å². The Kier molecular flexibility index (Phi) is 3.39. The van der Waals surface area contributed by atoms with Crippen molar-refractivity contribution in [1.29, 1.82) is 0 Å². The molecule has 2 heteroatoms. The molecule has 1 aromatic rings. The summed E-state index contributed by atoms with van der Waals surface area (Å²) in [5.74, 6) is 0. The van der Waals surface area contributed by atoms with E-state index in [0.717, 1.165) is 19.6 Å². The number of nitrogens with one attached hydrogen (secondary N) is 1. The minimum Gasteiger partial charge on any atom is -0.372 e. The fourth-order valence-electron chi connectivity index (χ4n) is 2.12. The normalized spacial score (nSPS) is 24.9. The van der Waals surface area contributed by atoms with Gasteiger partial charge in [0.25, 0.3) is 0 Å². The highest BCUT2D eigenvalue weighted by molar-refractivity contribution is 5.31. The topological polar surface area (TPSA) is 21.3 Å². The quantitative estimate of drug-likeness (QED) is 0.819. The third-order valence-corrected chi connectivity index (χ3v) is 2.98. The molecular formula is C13H19NO. The van der Waals surface area contributed by atoms with Crippen LogP contribution in [0.2, 0.25) is 0 Å². The van der Waals surface area contributed by atoms with Crippen molar-refractivity contribution >= 4 is 0 Å². The van der Waals surface area contributed by atoms with Gasteiger partial charge in [-0.3, -0.25) is 0 Å². The van der Waals surface area contributed by atoms with Gasteiger partial charge in [-0.15, -0.1) is 0 Å². The molecule has 0 aromatic heterocycles. The zero-order valence-electron chi connectivity index (χ0n) is 9.49. The van der Waals surface area contributed by atoms with Gasteiger partial charge >= 0.3 is 0 Å². The molecule has 0 saturated carbocycles. The number of rotatable bonds is 3. The van der Waals surface area contributed by atoms with Gasteiger partial charge < -0.3 is 10.1 Å². The van der Waals surface area contributed by atoms with Gasteiger partial charge in [-0.25, -0.2) is 0 Å². The van der Waals surface area contributed by atoms with E-state index >= 15 is 0 Å². The second kappa shape index (κ2) is 4.77. The van der Waals surface area contributed by atoms with E-state index < -0.39 is 0 Å². The molecule has 0 unspecified atom stereocenters. The van der Waals surface area contributed by atoms with Crippen LogP contribution in [0, 0.1) is 0 Å². The third-order valence-electron chi connectivity index (χ3n) is 2.98. The Morgan fingerprint density at radius 1 is 1.40 bits per heavy atom. The molecule has 0 radical (unpaired) electrons. The summed E-state index contributed by atoms with van der Waals surface area (Å²) in [6, 6.07) is 8.91. The summed E-state index contributed by atoms with van der Waals surface area (Å²) in [5.41, 5.74) is 2.73. The SMILES string of the molecule is CCCN[C@@H]1c2ccccc2CO[C@H]1C. The van der Waals surface area contributed by atoms with Gasteiger partial charge in [0.2, 0.25) is 0 Å². The van der Waals surface area contributed by atoms with Crippen LogP contribution in [0.3, 0.4) is 0 Å². The molecule has 1 N–H and O–H groups in total. The van der Waals surface area contributed by atoms with Crippen molar-refractivity contribution in [2.75, 3.05) is 6.54 Å². The van der Waals surface area contributed by atoms with Crippen LogP contribution in [0.5, 0.6) is 0 Å². The largest absolute Gasteiger partial charge is 0.372 e. The molecule has 2 nitrogen and oxygen atoms in total. The molecule has 0 fully saturated rings. The number of benzene rings is 1. The average Bonchev–Trinajstić information content (AvgIpc) is 2.28. The summed E-state index contributed by atoms with van der Waals surface area (Å²) < 4.78 is 5.75. The maximum absolute atomic E-state index is 5.75. The van der Waals surface area contributed by atoms with Crippen LogP contribution in [0.25, 0.3) is 0 Å². The van der Waals surface area contributed by atoms with Gasteiger partial charge in [0.05, 0.1) is 18.8 Å². The summed E-state index contributed by atoms with van der Waals surface area (Å²) >= 11 is 0. The van der Waals surface area contributed by atoms with Crippen molar-refractivity contribution < 1.29 is 4.74 Å². The molecule has 0 aliphatic carbocycles. The van der Waals surface area contributed by atoms with Gasteiger partial charge in [0, 0.05) is 0 Å². The van der Waals surface area contributed by atoms with Gasteiger partial charge in [-0.2, -0.15) is 0 Å². The highest BCUT2D eigenvalue weighted by Crippen LogP contribution is 2.28. The van der Waals surface area contributed by atoms with Crippen LogP contribution >= 0.6 is 0 Å². The second-order valence-electron chi connectivity index (χ2n) is 4.15. The molecule has 0 spiro atoms. The first-order valence-electron chi connectivity index (χ1n) is 5.75. The standard InChI is InChI=1S/C13H19NO/c1-3-8-14-13-10(2)15-9-11-6-4-5-7-12(11)13/h4-7,10,13-14H,3,8-9H2,1-2H3/t10-,13-/m0/s1. The highest BCUT2D eigenvalue weighted by atomic mass is 16.5. The van der Waals surface area contributed by atoms with E-state index in [0.29, 0.717) is 6.04 Å². The summed E-state index contributed by atoms with van der Waals surface area (Å²) in [6.07, 6.45) is 1.43. The predicted molar refractivity (Wildman–Crippen MR) is 61.7 cm³/mol. The molecule has 0 amide bonds. The van der Waals surface area contributed by atoms with Gasteiger partial charge in [-0.05, 0) is 31.0 Å². The van der Waals surface area contributed by atoms with E-state index in [1.54, 1.807) is 0 Å². The zero-order valence-corrected chi connectivity index (χ0v) is 9.49. The summed E-state index contributed by atoms with van der Waals surface area (Å²) in [5, 5.41) is 3.55. The van der Waals surface area contributed by atoms with Crippen LogP contribution in [0.15, 0.2) is 24.3 Å². The molecule has 15 heavy (non-hydrogen) atoms. The molecule has 2 atom stereocenters. The first-order chi connectivity index (χ1) is 7.33. The lowest BCUT2D eigenvalue weighted by molar-refractivity contribution is 0.0116. The molecule has 1 aliphatic rings. The van der Waals surface area contributed by atoms with Crippen LogP contribution in [0.4, 0.5) is 0 Å². The van der Waals surface area contributed by atoms with E-state index in [1.807, 2.05) is 0 Å². The summed E-state index contributed by atoms with van der Waals surface area (Å²) in [7, 11) is 0. The number of hydrogen-bond acceptors (Lipinski definition) is 2. The molecule has 0 saturated heterocycles. The Hall–Kier alpha value is -0.860. The monoisotopic (exact) mass is 205 g/mol. The Morgan fingerprint density at radius 3 is 3.00 bits per heavy atom. The second-order valence-corrected chi connectivity index (χ2v) is 4.15. The van der Waals surface area contributed by atoms with Crippen molar-refractivity contribution in [3.63, 3.8) is 0 Å². The molecule has 1 aromatic carbocycles. The first-order valence-corrected chi connectivity index (χ1v) is 5.75. The van der Waals surface area contributed by atoms with Crippen LogP contribution < -0.4 is 5.32 Å². The molecule has 0 bridgehead atoms. The summed E-state index contributed by atoms with van der Waals surface area (Å²) in [4.78, 5) is 0. The smallest absolute Gasteiger partial charge is 0.0746 e. The van der Waals surface area contributed by atoms with Crippen LogP contribution in [0.1, 0.15) is 37.4 Å². The Morgan fingerprint density at radius 2 is 2.20 bits per heavy atom. The molecule has 2 rings (SSSR count). The maximum atomic E-state index is 5.75. The number of fused-ring (bicyclic) bond motifs is 1. The molecule has 1 aliphatic heterocycles. The average molecular weight is 205 g/mol. The molecule has 82 valence electrons. The highest BCUT2D eigenvalue weighted by Gasteiger charge is 2.25. The van der Waals surface area contributed by atoms with E-state index in [4.69, 9.17) is 4.74 Å². The van der Waals surface area contributed by atoms with Crippen molar-refractivity contribution in [2.24, 2.45) is 0 Å². The number of hydrogen-bond donors (Lipinski definition) is 1. The fourth-order valence-corrected chi connectivity index (χ4v) is 2.12. The Bertz CT molecular complexity index is 324. The minimum atomic E-state index is 0.270. The van der Waals surface area contributed by atoms with Crippen LogP contribution in [-0.2, 0) is 11.3 Å². The zero-order chi connectivity index (χ0) is 10.7. The fraction of sp³-hybridized carbons (Fsp3) is 0.538.